The molecule has 0 unspecified atom stereocenters. The van der Waals surface area contributed by atoms with E-state index in [-0.39, 0.29) is 36.1 Å². The molecule has 6 N–H and O–H groups in total. The van der Waals surface area contributed by atoms with Gasteiger partial charge in [-0.15, -0.1) is 24.1 Å². The minimum Gasteiger partial charge on any atom is -0.390 e. The summed E-state index contributed by atoms with van der Waals surface area (Å²) in [6, 6.07) is -1.05. The maximum Gasteiger partial charge on any atom is 0.267 e. The molecular formula is C60H108N2O10S. The van der Waals surface area contributed by atoms with Crippen LogP contribution in [0.4, 0.5) is 0 Å². The van der Waals surface area contributed by atoms with Gasteiger partial charge in [0.15, 0.2) is 6.29 Å². The Morgan fingerprint density at radius 1 is 0.644 bits per heavy atom. The van der Waals surface area contributed by atoms with Crippen LogP contribution >= 0.6 is 11.8 Å². The minimum absolute atomic E-state index is 0.0410. The minimum atomic E-state index is -1.67. The molecule has 0 aromatic rings. The highest BCUT2D eigenvalue weighted by atomic mass is 32.2. The summed E-state index contributed by atoms with van der Waals surface area (Å²) in [5.41, 5.74) is 0. The van der Waals surface area contributed by atoms with E-state index in [0.717, 1.165) is 61.6 Å². The van der Waals surface area contributed by atoms with Crippen LogP contribution in [0.25, 0.3) is 0 Å². The number of imide groups is 1. The molecule has 2 rings (SSSR count). The molecule has 1 fully saturated rings. The van der Waals surface area contributed by atoms with Crippen LogP contribution in [0, 0.1) is 12.3 Å². The van der Waals surface area contributed by atoms with Crippen molar-refractivity contribution in [2.24, 2.45) is 0 Å². The first kappa shape index (κ1) is 67.1. The molecule has 0 aromatic heterocycles. The zero-order valence-electron chi connectivity index (χ0n) is 46.3. The van der Waals surface area contributed by atoms with Gasteiger partial charge in [-0.3, -0.25) is 19.3 Å². The molecule has 0 bridgehead atoms. The van der Waals surface area contributed by atoms with Gasteiger partial charge >= 0.3 is 0 Å². The van der Waals surface area contributed by atoms with Crippen molar-refractivity contribution in [1.82, 2.24) is 10.2 Å². The van der Waals surface area contributed by atoms with Crippen LogP contribution < -0.4 is 5.32 Å². The Hall–Kier alpha value is -2.02. The van der Waals surface area contributed by atoms with Crippen molar-refractivity contribution in [2.75, 3.05) is 18.9 Å². The third kappa shape index (κ3) is 31.7. The molecule has 0 aliphatic carbocycles. The van der Waals surface area contributed by atoms with Crippen LogP contribution in [0.15, 0.2) is 11.0 Å². The van der Waals surface area contributed by atoms with Gasteiger partial charge in [-0.1, -0.05) is 232 Å². The number of aliphatic hydroxyl groups excluding tert-OH is 5. The Labute approximate surface area is 449 Å². The summed E-state index contributed by atoms with van der Waals surface area (Å²) < 4.78 is 11.9. The first-order valence-electron chi connectivity index (χ1n) is 30.2. The third-order valence-electron chi connectivity index (χ3n) is 15.0. The summed E-state index contributed by atoms with van der Waals surface area (Å²) in [6.07, 6.45) is 42.9. The van der Waals surface area contributed by atoms with E-state index in [1.54, 1.807) is 0 Å². The van der Waals surface area contributed by atoms with E-state index in [4.69, 9.17) is 15.9 Å². The van der Waals surface area contributed by atoms with E-state index in [9.17, 15) is 39.9 Å². The number of unbranched alkanes of at least 4 members (excludes halogenated alkanes) is 35. The fourth-order valence-electron chi connectivity index (χ4n) is 10.1. The zero-order valence-corrected chi connectivity index (χ0v) is 47.1. The van der Waals surface area contributed by atoms with Gasteiger partial charge in [0.1, 0.15) is 24.4 Å². The van der Waals surface area contributed by atoms with E-state index in [0.29, 0.717) is 32.1 Å². The van der Waals surface area contributed by atoms with Gasteiger partial charge in [-0.25, -0.2) is 0 Å². The monoisotopic (exact) mass is 1050 g/mol. The standard InChI is InChI=1S/C60H108N2O10S/c1-4-7-10-13-15-17-19-21-22-23-24-25-26-27-28-29-30-31-33-35-37-39-41-44-53(64)61-49(55(66)50(63)43-40-38-36-34-32-20-18-16-14-11-8-5-2)47-71-60-58(69)57(68)56(67)51(72-60)48-73-52-46-54(65)62(59(52)70)45-42-12-9-6-3/h3,46,49-51,55-58,60,63,66-69H,4-5,7-45,47-48H2,1-2H3,(H,61,64)/t49-,50+,51+,55-,56-,57-,58+,60-/m0/s1. The second-order valence-corrected chi connectivity index (χ2v) is 22.6. The van der Waals surface area contributed by atoms with Gasteiger partial charge in [0, 0.05) is 31.2 Å². The van der Waals surface area contributed by atoms with Crippen molar-refractivity contribution < 1.29 is 49.4 Å². The lowest BCUT2D eigenvalue weighted by Gasteiger charge is -2.41. The highest BCUT2D eigenvalue weighted by molar-refractivity contribution is 8.04. The van der Waals surface area contributed by atoms with Crippen molar-refractivity contribution in [3.63, 3.8) is 0 Å². The van der Waals surface area contributed by atoms with E-state index in [1.807, 2.05) is 0 Å². The van der Waals surface area contributed by atoms with Gasteiger partial charge in [0.05, 0.1) is 29.8 Å². The van der Waals surface area contributed by atoms with Gasteiger partial charge in [0.25, 0.3) is 11.8 Å². The lowest BCUT2D eigenvalue weighted by molar-refractivity contribution is -0.294. The normalized spacial score (nSPS) is 20.3. The summed E-state index contributed by atoms with van der Waals surface area (Å²) in [5, 5.41) is 58.0. The number of nitrogens with one attached hydrogen (secondary N) is 1. The number of hydrogen-bond acceptors (Lipinski definition) is 11. The second kappa shape index (κ2) is 45.0. The summed E-state index contributed by atoms with van der Waals surface area (Å²) in [7, 11) is 0. The largest absolute Gasteiger partial charge is 0.390 e. The van der Waals surface area contributed by atoms with Crippen LogP contribution in [-0.4, -0.2) is 116 Å². The summed E-state index contributed by atoms with van der Waals surface area (Å²) >= 11 is 0.996. The molecule has 73 heavy (non-hydrogen) atoms. The number of carbonyl (C=O) groups is 3. The van der Waals surface area contributed by atoms with Crippen molar-refractivity contribution >= 4 is 29.5 Å². The number of thioether (sulfide) groups is 1. The smallest absolute Gasteiger partial charge is 0.267 e. The van der Waals surface area contributed by atoms with Crippen molar-refractivity contribution in [2.45, 2.75) is 320 Å². The van der Waals surface area contributed by atoms with E-state index in [1.165, 1.54) is 179 Å². The number of hydrogen-bond donors (Lipinski definition) is 6. The fourth-order valence-corrected chi connectivity index (χ4v) is 11.1. The van der Waals surface area contributed by atoms with Crippen molar-refractivity contribution in [3.05, 3.63) is 11.0 Å². The highest BCUT2D eigenvalue weighted by Crippen LogP contribution is 2.31. The van der Waals surface area contributed by atoms with Gasteiger partial charge < -0.3 is 40.3 Å². The lowest BCUT2D eigenvalue weighted by Crippen LogP contribution is -2.60. The molecule has 13 heteroatoms. The number of nitrogens with zero attached hydrogens (tertiary/aromatic N) is 1. The quantitative estimate of drug-likeness (QED) is 0.0193. The van der Waals surface area contributed by atoms with Crippen LogP contribution in [0.2, 0.25) is 0 Å². The number of terminal acetylenes is 1. The molecular weight excluding hydrogens is 941 g/mol. The molecule has 3 amide bonds. The molecule has 1 saturated heterocycles. The zero-order chi connectivity index (χ0) is 53.2. The Morgan fingerprint density at radius 3 is 1.53 bits per heavy atom. The molecule has 8 atom stereocenters. The van der Waals surface area contributed by atoms with E-state index in [2.05, 4.69) is 25.1 Å². The van der Waals surface area contributed by atoms with Crippen LogP contribution in [0.1, 0.15) is 271 Å². The molecule has 2 aliphatic rings. The first-order chi connectivity index (χ1) is 35.5. The maximum atomic E-state index is 13.3. The predicted octanol–water partition coefficient (Wildman–Crippen LogP) is 12.3. The molecule has 0 saturated carbocycles. The van der Waals surface area contributed by atoms with E-state index >= 15 is 0 Å². The van der Waals surface area contributed by atoms with Crippen molar-refractivity contribution in [3.8, 4) is 12.3 Å². The van der Waals surface area contributed by atoms with Gasteiger partial charge in [0.2, 0.25) is 5.91 Å². The molecule has 2 heterocycles. The Morgan fingerprint density at radius 2 is 1.08 bits per heavy atom. The number of carbonyl (C=O) groups excluding carboxylic acids is 3. The SMILES string of the molecule is C#CCCCCN1C(=O)C=C(SC[C@H]2O[C@H](OC[C@H](NC(=O)CCCCCCCCCCCCCCCCCCCCCCCCC)[C@H](O)[C@H](O)CCCCCCCCCCCCCC)[C@H](O)[C@@H](O)[C@H]2O)C1=O. The Balaban J connectivity index is 1.77. The topological polar surface area (TPSA) is 186 Å². The number of rotatable bonds is 50. The van der Waals surface area contributed by atoms with Crippen molar-refractivity contribution in [1.29, 1.82) is 0 Å². The molecule has 0 aromatic carbocycles. The highest BCUT2D eigenvalue weighted by Gasteiger charge is 2.45. The number of amides is 3. The number of ether oxygens (including phenoxy) is 2. The van der Waals surface area contributed by atoms with Crippen LogP contribution in [0.3, 0.4) is 0 Å². The van der Waals surface area contributed by atoms with Gasteiger partial charge in [-0.2, -0.15) is 0 Å². The first-order valence-corrected chi connectivity index (χ1v) is 31.1. The average molecular weight is 1050 g/mol. The summed E-state index contributed by atoms with van der Waals surface area (Å²) in [6.45, 7) is 4.40. The Bertz CT molecular complexity index is 1460. The fraction of sp³-hybridized carbons (Fsp3) is 0.883. The summed E-state index contributed by atoms with van der Waals surface area (Å²) in [4.78, 5) is 40.2. The lowest BCUT2D eigenvalue weighted by atomic mass is 9.98. The third-order valence-corrected chi connectivity index (χ3v) is 16.1. The molecule has 0 spiro atoms. The number of aliphatic hydroxyl groups is 5. The molecule has 0 radical (unpaired) electrons. The van der Waals surface area contributed by atoms with E-state index < -0.39 is 60.8 Å². The molecule has 2 aliphatic heterocycles. The predicted molar refractivity (Wildman–Crippen MR) is 299 cm³/mol. The van der Waals surface area contributed by atoms with Gasteiger partial charge in [-0.05, 0) is 25.7 Å². The second-order valence-electron chi connectivity index (χ2n) is 21.6. The van der Waals surface area contributed by atoms with Crippen LogP contribution in [-0.2, 0) is 23.9 Å². The summed E-state index contributed by atoms with van der Waals surface area (Å²) in [5.74, 6) is 1.33. The molecule has 424 valence electrons. The maximum absolute atomic E-state index is 13.3. The Kier molecular flexibility index (Phi) is 41.4. The van der Waals surface area contributed by atoms with Crippen LogP contribution in [0.5, 0.6) is 0 Å². The average Bonchev–Trinajstić information content (AvgIpc) is 3.66. The molecule has 12 nitrogen and oxygen atoms in total.